The monoisotopic (exact) mass is 448 g/mol. The molecule has 2 aliphatic heterocycles. The summed E-state index contributed by atoms with van der Waals surface area (Å²) in [5.74, 6) is 1.32. The lowest BCUT2D eigenvalue weighted by atomic mass is 9.92. The SMILES string of the molecule is Cc1ccc(OC2CCN(C(=O)C3Cc4ccccc4CN3C(=O)CC(C)C)CC2)cc1C. The molecular weight excluding hydrogens is 412 g/mol. The number of hydrogen-bond acceptors (Lipinski definition) is 3. The minimum Gasteiger partial charge on any atom is -0.490 e. The van der Waals surface area contributed by atoms with E-state index in [1.807, 2.05) is 41.8 Å². The summed E-state index contributed by atoms with van der Waals surface area (Å²) in [5.41, 5.74) is 4.81. The minimum atomic E-state index is -0.414. The predicted octanol–water partition coefficient (Wildman–Crippen LogP) is 4.67. The highest BCUT2D eigenvalue weighted by atomic mass is 16.5. The molecule has 2 aromatic carbocycles. The van der Waals surface area contributed by atoms with Crippen molar-refractivity contribution in [1.29, 1.82) is 0 Å². The van der Waals surface area contributed by atoms with Gasteiger partial charge in [-0.2, -0.15) is 0 Å². The Morgan fingerprint density at radius 1 is 1.00 bits per heavy atom. The number of benzene rings is 2. The molecule has 33 heavy (non-hydrogen) atoms. The highest BCUT2D eigenvalue weighted by Gasteiger charge is 2.38. The fourth-order valence-electron chi connectivity index (χ4n) is 4.86. The molecule has 2 aliphatic rings. The van der Waals surface area contributed by atoms with E-state index in [1.165, 1.54) is 16.7 Å². The van der Waals surface area contributed by atoms with Crippen molar-refractivity contribution in [3.63, 3.8) is 0 Å². The van der Waals surface area contributed by atoms with E-state index < -0.39 is 6.04 Å². The van der Waals surface area contributed by atoms with Gasteiger partial charge in [-0.3, -0.25) is 9.59 Å². The molecule has 0 spiro atoms. The van der Waals surface area contributed by atoms with Crippen LogP contribution in [0.25, 0.3) is 0 Å². The van der Waals surface area contributed by atoms with Gasteiger partial charge in [-0.15, -0.1) is 0 Å². The number of rotatable bonds is 5. The fraction of sp³-hybridized carbons (Fsp3) is 0.500. The van der Waals surface area contributed by atoms with Gasteiger partial charge in [0.1, 0.15) is 17.9 Å². The number of nitrogens with zero attached hydrogens (tertiary/aromatic N) is 2. The van der Waals surface area contributed by atoms with Gasteiger partial charge < -0.3 is 14.5 Å². The van der Waals surface area contributed by atoms with Crippen molar-refractivity contribution in [3.8, 4) is 5.75 Å². The first kappa shape index (κ1) is 23.3. The van der Waals surface area contributed by atoms with Crippen molar-refractivity contribution in [1.82, 2.24) is 9.80 Å². The Kier molecular flexibility index (Phi) is 7.06. The Morgan fingerprint density at radius 2 is 1.70 bits per heavy atom. The molecule has 0 saturated carbocycles. The second kappa shape index (κ2) is 9.98. The summed E-state index contributed by atoms with van der Waals surface area (Å²) in [6, 6.07) is 14.0. The van der Waals surface area contributed by atoms with Crippen LogP contribution in [0.15, 0.2) is 42.5 Å². The van der Waals surface area contributed by atoms with Crippen molar-refractivity contribution in [2.75, 3.05) is 13.1 Å². The summed E-state index contributed by atoms with van der Waals surface area (Å²) in [7, 11) is 0. The lowest BCUT2D eigenvalue weighted by Crippen LogP contribution is -2.55. The zero-order chi connectivity index (χ0) is 23.5. The van der Waals surface area contributed by atoms with E-state index in [4.69, 9.17) is 4.74 Å². The van der Waals surface area contributed by atoms with Crippen molar-refractivity contribution < 1.29 is 14.3 Å². The summed E-state index contributed by atoms with van der Waals surface area (Å²) < 4.78 is 6.21. The molecular formula is C28H36N2O3. The van der Waals surface area contributed by atoms with Crippen LogP contribution < -0.4 is 4.74 Å². The second-order valence-electron chi connectivity index (χ2n) is 10.00. The summed E-state index contributed by atoms with van der Waals surface area (Å²) in [5, 5.41) is 0. The highest BCUT2D eigenvalue weighted by Crippen LogP contribution is 2.28. The number of aryl methyl sites for hydroxylation is 2. The summed E-state index contributed by atoms with van der Waals surface area (Å²) >= 11 is 0. The maximum absolute atomic E-state index is 13.6. The van der Waals surface area contributed by atoms with E-state index in [1.54, 1.807) is 0 Å². The zero-order valence-electron chi connectivity index (χ0n) is 20.3. The molecule has 2 heterocycles. The molecule has 1 saturated heterocycles. The Balaban J connectivity index is 1.42. The van der Waals surface area contributed by atoms with Gasteiger partial charge in [0.25, 0.3) is 0 Å². The van der Waals surface area contributed by atoms with Gasteiger partial charge in [-0.25, -0.2) is 0 Å². The Bertz CT molecular complexity index is 1010. The average molecular weight is 449 g/mol. The normalized spacial score (nSPS) is 18.9. The molecule has 0 bridgehead atoms. The second-order valence-corrected chi connectivity index (χ2v) is 10.00. The van der Waals surface area contributed by atoms with E-state index in [0.717, 1.165) is 24.2 Å². The molecule has 0 N–H and O–H groups in total. The summed E-state index contributed by atoms with van der Waals surface area (Å²) in [6.07, 6.45) is 2.79. The smallest absolute Gasteiger partial charge is 0.245 e. The Labute approximate surface area is 197 Å². The first-order valence-electron chi connectivity index (χ1n) is 12.2. The van der Waals surface area contributed by atoms with Crippen LogP contribution in [-0.2, 0) is 22.6 Å². The molecule has 1 unspecified atom stereocenters. The van der Waals surface area contributed by atoms with Crippen LogP contribution in [-0.4, -0.2) is 46.8 Å². The van der Waals surface area contributed by atoms with E-state index >= 15 is 0 Å². The number of fused-ring (bicyclic) bond motifs is 1. The molecule has 2 aromatic rings. The third kappa shape index (κ3) is 5.40. The molecule has 2 amide bonds. The molecule has 0 aromatic heterocycles. The average Bonchev–Trinajstić information content (AvgIpc) is 2.80. The maximum Gasteiger partial charge on any atom is 0.245 e. The minimum absolute atomic E-state index is 0.0748. The molecule has 1 atom stereocenters. The van der Waals surface area contributed by atoms with Crippen LogP contribution >= 0.6 is 0 Å². The van der Waals surface area contributed by atoms with E-state index in [0.29, 0.717) is 32.5 Å². The molecule has 1 fully saturated rings. The van der Waals surface area contributed by atoms with Gasteiger partial charge in [0.15, 0.2) is 0 Å². The maximum atomic E-state index is 13.6. The number of amides is 2. The van der Waals surface area contributed by atoms with E-state index in [-0.39, 0.29) is 23.8 Å². The molecule has 0 aliphatic carbocycles. The quantitative estimate of drug-likeness (QED) is 0.668. The molecule has 0 radical (unpaired) electrons. The number of ether oxygens (including phenoxy) is 1. The van der Waals surface area contributed by atoms with Gasteiger partial charge in [0.2, 0.25) is 11.8 Å². The lowest BCUT2D eigenvalue weighted by molar-refractivity contribution is -0.148. The summed E-state index contributed by atoms with van der Waals surface area (Å²) in [4.78, 5) is 30.4. The fourth-order valence-corrected chi connectivity index (χ4v) is 4.86. The van der Waals surface area contributed by atoms with Crippen LogP contribution in [0.2, 0.25) is 0 Å². The number of carbonyl (C=O) groups excluding carboxylic acids is 2. The van der Waals surface area contributed by atoms with Gasteiger partial charge >= 0.3 is 0 Å². The molecule has 4 rings (SSSR count). The van der Waals surface area contributed by atoms with Crippen molar-refractivity contribution in [2.24, 2.45) is 5.92 Å². The van der Waals surface area contributed by atoms with Crippen molar-refractivity contribution in [2.45, 2.75) is 72.1 Å². The third-order valence-electron chi connectivity index (χ3n) is 6.97. The van der Waals surface area contributed by atoms with Gasteiger partial charge in [0, 0.05) is 45.3 Å². The van der Waals surface area contributed by atoms with Gasteiger partial charge in [0.05, 0.1) is 0 Å². The number of carbonyl (C=O) groups is 2. The Hall–Kier alpha value is -2.82. The van der Waals surface area contributed by atoms with Crippen LogP contribution in [0.4, 0.5) is 0 Å². The molecule has 5 nitrogen and oxygen atoms in total. The largest absolute Gasteiger partial charge is 0.490 e. The van der Waals surface area contributed by atoms with Crippen molar-refractivity contribution >= 4 is 11.8 Å². The predicted molar refractivity (Wildman–Crippen MR) is 130 cm³/mol. The summed E-state index contributed by atoms with van der Waals surface area (Å²) in [6.45, 7) is 10.1. The topological polar surface area (TPSA) is 49.9 Å². The number of hydrogen-bond donors (Lipinski definition) is 0. The molecule has 176 valence electrons. The lowest BCUT2D eigenvalue weighted by Gasteiger charge is -2.40. The third-order valence-corrected chi connectivity index (χ3v) is 6.97. The zero-order valence-corrected chi connectivity index (χ0v) is 20.3. The van der Waals surface area contributed by atoms with Gasteiger partial charge in [-0.1, -0.05) is 44.2 Å². The van der Waals surface area contributed by atoms with E-state index in [2.05, 4.69) is 38.1 Å². The van der Waals surface area contributed by atoms with Crippen LogP contribution in [0.5, 0.6) is 5.75 Å². The van der Waals surface area contributed by atoms with Crippen LogP contribution in [0.3, 0.4) is 0 Å². The molecule has 5 heteroatoms. The first-order valence-corrected chi connectivity index (χ1v) is 12.2. The standard InChI is InChI=1S/C28H36N2O3/c1-19(2)15-27(31)30-18-23-8-6-5-7-22(23)17-26(30)28(32)29-13-11-24(12-14-29)33-25-10-9-20(3)21(4)16-25/h5-10,16,19,24,26H,11-15,17-18H2,1-4H3. The first-order chi connectivity index (χ1) is 15.8. The van der Waals surface area contributed by atoms with Crippen molar-refractivity contribution in [3.05, 3.63) is 64.7 Å². The van der Waals surface area contributed by atoms with Crippen LogP contribution in [0.1, 0.15) is 55.4 Å². The number of piperidine rings is 1. The van der Waals surface area contributed by atoms with Crippen LogP contribution in [0, 0.1) is 19.8 Å². The van der Waals surface area contributed by atoms with E-state index in [9.17, 15) is 9.59 Å². The number of likely N-dealkylation sites (tertiary alicyclic amines) is 1. The highest BCUT2D eigenvalue weighted by molar-refractivity contribution is 5.88. The Morgan fingerprint density at radius 3 is 2.36 bits per heavy atom. The van der Waals surface area contributed by atoms with Gasteiger partial charge in [-0.05, 0) is 54.2 Å².